The van der Waals surface area contributed by atoms with Crippen LogP contribution in [0.1, 0.15) is 24.3 Å². The van der Waals surface area contributed by atoms with E-state index >= 15 is 0 Å². The Morgan fingerprint density at radius 3 is 2.90 bits per heavy atom. The number of benzene rings is 1. The van der Waals surface area contributed by atoms with Crippen molar-refractivity contribution in [1.82, 2.24) is 19.9 Å². The Kier molecular flexibility index (Phi) is 5.30. The van der Waals surface area contributed by atoms with E-state index in [-0.39, 0.29) is 5.91 Å². The van der Waals surface area contributed by atoms with Crippen LogP contribution in [0.2, 0.25) is 5.02 Å². The van der Waals surface area contributed by atoms with Crippen molar-refractivity contribution in [3.8, 4) is 11.3 Å². The number of aromatic amines is 1. The van der Waals surface area contributed by atoms with Gasteiger partial charge in [-0.1, -0.05) is 29.8 Å². The van der Waals surface area contributed by atoms with Gasteiger partial charge >= 0.3 is 0 Å². The first-order chi connectivity index (χ1) is 15.2. The molecule has 0 aliphatic carbocycles. The third-order valence-corrected chi connectivity index (χ3v) is 5.93. The maximum Gasteiger partial charge on any atom is 0.223 e. The highest BCUT2D eigenvalue weighted by Gasteiger charge is 2.20. The molecule has 0 fully saturated rings. The van der Waals surface area contributed by atoms with Crippen LogP contribution < -0.4 is 0 Å². The molecule has 0 spiro atoms. The number of H-pyrrole nitrogens is 1. The minimum Gasteiger partial charge on any atom is -0.441 e. The Hall–Kier alpha value is -3.38. The number of carbonyl (C=O) groups is 1. The zero-order valence-electron chi connectivity index (χ0n) is 16.8. The van der Waals surface area contributed by atoms with Crippen molar-refractivity contribution in [1.29, 1.82) is 0 Å². The molecule has 1 aliphatic heterocycles. The van der Waals surface area contributed by atoms with E-state index in [0.717, 1.165) is 23.0 Å². The molecule has 1 aliphatic rings. The van der Waals surface area contributed by atoms with Gasteiger partial charge in [0, 0.05) is 54.8 Å². The van der Waals surface area contributed by atoms with Crippen molar-refractivity contribution in [3.63, 3.8) is 0 Å². The van der Waals surface area contributed by atoms with E-state index in [1.165, 1.54) is 11.1 Å². The van der Waals surface area contributed by atoms with Gasteiger partial charge < -0.3 is 14.3 Å². The van der Waals surface area contributed by atoms with Gasteiger partial charge in [0.15, 0.2) is 11.7 Å². The second-order valence-electron chi connectivity index (χ2n) is 7.52. The smallest absolute Gasteiger partial charge is 0.223 e. The summed E-state index contributed by atoms with van der Waals surface area (Å²) in [7, 11) is 0. The molecule has 0 bridgehead atoms. The Labute approximate surface area is 184 Å². The molecule has 6 nitrogen and oxygen atoms in total. The Morgan fingerprint density at radius 2 is 2.06 bits per heavy atom. The molecule has 0 saturated carbocycles. The number of hydrogen-bond donors (Lipinski definition) is 1. The van der Waals surface area contributed by atoms with Gasteiger partial charge in [0.1, 0.15) is 5.65 Å². The van der Waals surface area contributed by atoms with Crippen LogP contribution in [0, 0.1) is 0 Å². The lowest BCUT2D eigenvalue weighted by Crippen LogP contribution is -2.34. The summed E-state index contributed by atoms with van der Waals surface area (Å²) in [6.45, 7) is 1.31. The van der Waals surface area contributed by atoms with Crippen molar-refractivity contribution < 1.29 is 9.21 Å². The summed E-state index contributed by atoms with van der Waals surface area (Å²) < 4.78 is 5.81. The summed E-state index contributed by atoms with van der Waals surface area (Å²) in [5, 5.41) is 1.73. The lowest BCUT2D eigenvalue weighted by molar-refractivity contribution is -0.130. The van der Waals surface area contributed by atoms with Crippen LogP contribution >= 0.6 is 11.6 Å². The average molecular weight is 433 g/mol. The highest BCUT2D eigenvalue weighted by Crippen LogP contribution is 2.30. The third kappa shape index (κ3) is 3.99. The van der Waals surface area contributed by atoms with E-state index < -0.39 is 0 Å². The second kappa shape index (κ2) is 8.40. The van der Waals surface area contributed by atoms with Gasteiger partial charge in [0.25, 0.3) is 0 Å². The minimum atomic E-state index is 0.105. The number of nitrogens with zero attached hydrogens (tertiary/aromatic N) is 3. The van der Waals surface area contributed by atoms with Crippen molar-refractivity contribution in [3.05, 3.63) is 77.5 Å². The van der Waals surface area contributed by atoms with Crippen LogP contribution in [0.25, 0.3) is 27.9 Å². The van der Waals surface area contributed by atoms with Gasteiger partial charge in [0.2, 0.25) is 5.91 Å². The Bertz CT molecular complexity index is 1270. The van der Waals surface area contributed by atoms with E-state index in [4.69, 9.17) is 16.0 Å². The van der Waals surface area contributed by atoms with Gasteiger partial charge in [-0.25, -0.2) is 9.97 Å². The molecular weight excluding hydrogens is 412 g/mol. The van der Waals surface area contributed by atoms with Crippen LogP contribution in [0.5, 0.6) is 0 Å². The van der Waals surface area contributed by atoms with E-state index in [1.54, 1.807) is 12.4 Å². The molecule has 1 N–H and O–H groups in total. The van der Waals surface area contributed by atoms with Gasteiger partial charge in [0.05, 0.1) is 11.2 Å². The normalized spacial score (nSPS) is 14.1. The summed E-state index contributed by atoms with van der Waals surface area (Å²) in [5.74, 6) is 1.27. The summed E-state index contributed by atoms with van der Waals surface area (Å²) in [6.07, 6.45) is 9.23. The molecule has 7 heteroatoms. The largest absolute Gasteiger partial charge is 0.441 e. The van der Waals surface area contributed by atoms with E-state index in [2.05, 4.69) is 27.1 Å². The number of hydrogen-bond acceptors (Lipinski definition) is 4. The first-order valence-corrected chi connectivity index (χ1v) is 10.7. The molecule has 0 atom stereocenters. The van der Waals surface area contributed by atoms with E-state index in [1.807, 2.05) is 41.4 Å². The van der Waals surface area contributed by atoms with Crippen molar-refractivity contribution in [2.45, 2.75) is 19.3 Å². The fourth-order valence-electron chi connectivity index (χ4n) is 3.95. The lowest BCUT2D eigenvalue weighted by atomic mass is 9.99. The number of amides is 1. The number of rotatable bonds is 5. The van der Waals surface area contributed by atoms with E-state index in [0.29, 0.717) is 42.6 Å². The first-order valence-electron chi connectivity index (χ1n) is 10.3. The monoisotopic (exact) mass is 432 g/mol. The van der Waals surface area contributed by atoms with Crippen LogP contribution in [-0.4, -0.2) is 38.8 Å². The zero-order valence-corrected chi connectivity index (χ0v) is 17.6. The predicted molar refractivity (Wildman–Crippen MR) is 121 cm³/mol. The highest BCUT2D eigenvalue weighted by molar-refractivity contribution is 6.33. The quantitative estimate of drug-likeness (QED) is 0.475. The lowest BCUT2D eigenvalue weighted by Gasteiger charge is -2.26. The summed E-state index contributed by atoms with van der Waals surface area (Å²) in [5.41, 5.74) is 4.11. The van der Waals surface area contributed by atoms with Crippen LogP contribution in [0.3, 0.4) is 0 Å². The molecule has 0 radical (unpaired) electrons. The molecule has 5 rings (SSSR count). The second-order valence-corrected chi connectivity index (χ2v) is 7.93. The number of aromatic nitrogens is 3. The molecule has 4 heterocycles. The Morgan fingerprint density at radius 1 is 1.16 bits per heavy atom. The van der Waals surface area contributed by atoms with Crippen LogP contribution in [0.15, 0.2) is 65.5 Å². The molecule has 1 aromatic carbocycles. The van der Waals surface area contributed by atoms with Crippen molar-refractivity contribution in [2.75, 3.05) is 13.1 Å². The van der Waals surface area contributed by atoms with Crippen molar-refractivity contribution >= 4 is 34.1 Å². The molecule has 3 aromatic heterocycles. The van der Waals surface area contributed by atoms with Crippen molar-refractivity contribution in [2.24, 2.45) is 0 Å². The fourth-order valence-corrected chi connectivity index (χ4v) is 4.17. The number of oxazole rings is 1. The summed E-state index contributed by atoms with van der Waals surface area (Å²) in [6, 6.07) is 11.5. The molecule has 0 saturated heterocycles. The van der Waals surface area contributed by atoms with Gasteiger partial charge in [-0.05, 0) is 36.3 Å². The number of fused-ring (bicyclic) bond motifs is 1. The highest BCUT2D eigenvalue weighted by atomic mass is 35.5. The number of aryl methyl sites for hydroxylation is 1. The summed E-state index contributed by atoms with van der Waals surface area (Å²) >= 11 is 6.22. The van der Waals surface area contributed by atoms with Crippen LogP contribution in [-0.2, 0) is 11.2 Å². The van der Waals surface area contributed by atoms with E-state index in [9.17, 15) is 4.79 Å². The van der Waals surface area contributed by atoms with Gasteiger partial charge in [-0.15, -0.1) is 0 Å². The maximum atomic E-state index is 12.7. The SMILES string of the molecule is O=C(CCc1ncc(-c2ccccc2Cl)o1)N1CC=C(c2c[nH]c3ncccc23)CC1. The van der Waals surface area contributed by atoms with Crippen LogP contribution in [0.4, 0.5) is 0 Å². The fraction of sp³-hybridized carbons (Fsp3) is 0.208. The summed E-state index contributed by atoms with van der Waals surface area (Å²) in [4.78, 5) is 26.5. The number of nitrogens with one attached hydrogen (secondary N) is 1. The number of halogens is 1. The topological polar surface area (TPSA) is 75.0 Å². The molecule has 0 unspecified atom stereocenters. The van der Waals surface area contributed by atoms with Gasteiger partial charge in [-0.3, -0.25) is 4.79 Å². The van der Waals surface area contributed by atoms with Gasteiger partial charge in [-0.2, -0.15) is 0 Å². The predicted octanol–water partition coefficient (Wildman–Crippen LogP) is 5.12. The minimum absolute atomic E-state index is 0.105. The molecule has 156 valence electrons. The molecular formula is C24H21ClN4O2. The molecule has 1 amide bonds. The molecule has 31 heavy (non-hydrogen) atoms. The average Bonchev–Trinajstić information content (AvgIpc) is 3.45. The maximum absolute atomic E-state index is 12.7. The first kappa shape index (κ1) is 19.6. The molecule has 4 aromatic rings. The number of pyridine rings is 1. The standard InChI is InChI=1S/C24H21ClN4O2/c25-20-6-2-1-4-18(20)21-15-27-22(31-21)7-8-23(30)29-12-9-16(10-13-29)19-14-28-24-17(19)5-3-11-26-24/h1-6,9,11,14-15H,7-8,10,12-13H2,(H,26,28). The zero-order chi connectivity index (χ0) is 21.2. The third-order valence-electron chi connectivity index (χ3n) is 5.60. The Balaban J connectivity index is 1.20. The number of carbonyl (C=O) groups excluding carboxylic acids is 1.